The summed E-state index contributed by atoms with van der Waals surface area (Å²) in [7, 11) is 1.96. The maximum absolute atomic E-state index is 12.1. The quantitative estimate of drug-likeness (QED) is 0.870. The fourth-order valence-corrected chi connectivity index (χ4v) is 2.38. The summed E-state index contributed by atoms with van der Waals surface area (Å²) in [5, 5.41) is 3.26. The Kier molecular flexibility index (Phi) is 4.70. The highest BCUT2D eigenvalue weighted by atomic mass is 16.2. The van der Waals surface area contributed by atoms with Gasteiger partial charge >= 0.3 is 0 Å². The summed E-state index contributed by atoms with van der Waals surface area (Å²) in [4.78, 5) is 18.3. The zero-order valence-electron chi connectivity index (χ0n) is 10.9. The van der Waals surface area contributed by atoms with Crippen LogP contribution in [-0.2, 0) is 11.2 Å². The fraction of sp³-hybridized carbons (Fsp3) is 0.571. The number of rotatable bonds is 4. The highest BCUT2D eigenvalue weighted by Crippen LogP contribution is 2.11. The summed E-state index contributed by atoms with van der Waals surface area (Å²) >= 11 is 0. The molecule has 1 saturated heterocycles. The Balaban J connectivity index is 1.81. The van der Waals surface area contributed by atoms with Crippen LogP contribution in [0.25, 0.3) is 0 Å². The van der Waals surface area contributed by atoms with Crippen molar-refractivity contribution in [3.63, 3.8) is 0 Å². The van der Waals surface area contributed by atoms with Crippen LogP contribution in [0.3, 0.4) is 0 Å². The first-order valence-electron chi connectivity index (χ1n) is 6.64. The van der Waals surface area contributed by atoms with E-state index in [2.05, 4.69) is 10.3 Å². The molecule has 1 aromatic heterocycles. The second-order valence-electron chi connectivity index (χ2n) is 4.79. The number of hydrogen-bond acceptors (Lipinski definition) is 3. The molecule has 1 aliphatic heterocycles. The zero-order valence-corrected chi connectivity index (χ0v) is 10.9. The van der Waals surface area contributed by atoms with E-state index in [4.69, 9.17) is 0 Å². The van der Waals surface area contributed by atoms with Gasteiger partial charge in [0.05, 0.1) is 0 Å². The number of nitrogens with one attached hydrogen (secondary N) is 1. The van der Waals surface area contributed by atoms with Crippen LogP contribution in [0.4, 0.5) is 0 Å². The number of piperidine rings is 1. The van der Waals surface area contributed by atoms with E-state index < -0.39 is 0 Å². The summed E-state index contributed by atoms with van der Waals surface area (Å²) in [6.45, 7) is 1.75. The van der Waals surface area contributed by atoms with Crippen LogP contribution in [0.5, 0.6) is 0 Å². The third-order valence-corrected chi connectivity index (χ3v) is 3.50. The molecule has 1 aromatic rings. The predicted octanol–water partition coefficient (Wildman–Crippen LogP) is 1.22. The second kappa shape index (κ2) is 6.50. The zero-order chi connectivity index (χ0) is 12.8. The van der Waals surface area contributed by atoms with Crippen molar-refractivity contribution in [3.05, 3.63) is 30.1 Å². The third kappa shape index (κ3) is 3.53. The SMILES string of the molecule is CNC1CCCN(C(=O)CCc2ccccn2)C1. The van der Waals surface area contributed by atoms with Crippen molar-refractivity contribution in [2.45, 2.75) is 31.7 Å². The van der Waals surface area contributed by atoms with Gasteiger partial charge in [0.25, 0.3) is 0 Å². The van der Waals surface area contributed by atoms with Gasteiger partial charge in [0.15, 0.2) is 0 Å². The molecule has 2 rings (SSSR count). The number of aryl methyl sites for hydroxylation is 1. The normalized spacial score (nSPS) is 19.8. The summed E-state index contributed by atoms with van der Waals surface area (Å²) in [6.07, 6.45) is 5.34. The van der Waals surface area contributed by atoms with Crippen LogP contribution in [0.1, 0.15) is 25.0 Å². The van der Waals surface area contributed by atoms with E-state index in [0.717, 1.165) is 31.6 Å². The fourth-order valence-electron chi connectivity index (χ4n) is 2.38. The Morgan fingerprint density at radius 3 is 3.17 bits per heavy atom. The number of likely N-dealkylation sites (tertiary alicyclic amines) is 1. The molecule has 4 nitrogen and oxygen atoms in total. The molecule has 1 aliphatic rings. The number of carbonyl (C=O) groups is 1. The maximum Gasteiger partial charge on any atom is 0.223 e. The first kappa shape index (κ1) is 13.0. The van der Waals surface area contributed by atoms with Crippen LogP contribution in [0.2, 0.25) is 0 Å². The van der Waals surface area contributed by atoms with Crippen molar-refractivity contribution in [1.29, 1.82) is 0 Å². The average Bonchev–Trinajstić information content (AvgIpc) is 2.46. The van der Waals surface area contributed by atoms with Crippen molar-refractivity contribution in [3.8, 4) is 0 Å². The molecule has 1 unspecified atom stereocenters. The lowest BCUT2D eigenvalue weighted by molar-refractivity contribution is -0.132. The van der Waals surface area contributed by atoms with Gasteiger partial charge in [-0.3, -0.25) is 9.78 Å². The molecular weight excluding hydrogens is 226 g/mol. The van der Waals surface area contributed by atoms with Gasteiger partial charge in [-0.05, 0) is 38.4 Å². The van der Waals surface area contributed by atoms with Crippen LogP contribution in [0.15, 0.2) is 24.4 Å². The van der Waals surface area contributed by atoms with Crippen LogP contribution in [0, 0.1) is 0 Å². The average molecular weight is 247 g/mol. The molecule has 1 atom stereocenters. The van der Waals surface area contributed by atoms with Crippen molar-refractivity contribution >= 4 is 5.91 Å². The number of aromatic nitrogens is 1. The van der Waals surface area contributed by atoms with Crippen LogP contribution >= 0.6 is 0 Å². The van der Waals surface area contributed by atoms with Gasteiger partial charge in [-0.2, -0.15) is 0 Å². The molecule has 18 heavy (non-hydrogen) atoms. The molecule has 1 fully saturated rings. The topological polar surface area (TPSA) is 45.2 Å². The lowest BCUT2D eigenvalue weighted by Crippen LogP contribution is -2.47. The largest absolute Gasteiger partial charge is 0.341 e. The molecule has 4 heteroatoms. The number of carbonyl (C=O) groups excluding carboxylic acids is 1. The van der Waals surface area contributed by atoms with E-state index in [1.807, 2.05) is 30.1 Å². The monoisotopic (exact) mass is 247 g/mol. The van der Waals surface area contributed by atoms with Crippen molar-refractivity contribution < 1.29 is 4.79 Å². The Morgan fingerprint density at radius 2 is 2.44 bits per heavy atom. The molecule has 0 spiro atoms. The first-order valence-corrected chi connectivity index (χ1v) is 6.64. The molecule has 0 aromatic carbocycles. The van der Waals surface area contributed by atoms with Crippen molar-refractivity contribution in [2.24, 2.45) is 0 Å². The van der Waals surface area contributed by atoms with Gasteiger partial charge < -0.3 is 10.2 Å². The lowest BCUT2D eigenvalue weighted by Gasteiger charge is -2.32. The van der Waals surface area contributed by atoms with E-state index >= 15 is 0 Å². The summed E-state index contributed by atoms with van der Waals surface area (Å²) in [5.41, 5.74) is 0.994. The molecule has 0 saturated carbocycles. The molecule has 98 valence electrons. The molecular formula is C14H21N3O. The standard InChI is InChI=1S/C14H21N3O/c1-15-13-6-4-10-17(11-13)14(18)8-7-12-5-2-3-9-16-12/h2-3,5,9,13,15H,4,6-8,10-11H2,1H3. The minimum atomic E-state index is 0.251. The molecule has 1 amide bonds. The highest BCUT2D eigenvalue weighted by Gasteiger charge is 2.22. The number of pyridine rings is 1. The van der Waals surface area contributed by atoms with Gasteiger partial charge in [-0.15, -0.1) is 0 Å². The third-order valence-electron chi connectivity index (χ3n) is 3.50. The minimum absolute atomic E-state index is 0.251. The van der Waals surface area contributed by atoms with Gasteiger partial charge in [-0.1, -0.05) is 6.07 Å². The number of hydrogen-bond donors (Lipinski definition) is 1. The van der Waals surface area contributed by atoms with E-state index in [9.17, 15) is 4.79 Å². The number of amides is 1. The predicted molar refractivity (Wildman–Crippen MR) is 71.2 cm³/mol. The first-order chi connectivity index (χ1) is 8.79. The lowest BCUT2D eigenvalue weighted by atomic mass is 10.1. The van der Waals surface area contributed by atoms with Gasteiger partial charge in [0.1, 0.15) is 0 Å². The molecule has 0 bridgehead atoms. The van der Waals surface area contributed by atoms with E-state index in [0.29, 0.717) is 12.5 Å². The molecule has 0 aliphatic carbocycles. The summed E-state index contributed by atoms with van der Waals surface area (Å²) in [6, 6.07) is 6.29. The van der Waals surface area contributed by atoms with E-state index in [1.54, 1.807) is 6.20 Å². The minimum Gasteiger partial charge on any atom is -0.341 e. The Labute approximate surface area is 108 Å². The van der Waals surface area contributed by atoms with Gasteiger partial charge in [-0.25, -0.2) is 0 Å². The second-order valence-corrected chi connectivity index (χ2v) is 4.79. The van der Waals surface area contributed by atoms with Gasteiger partial charge in [0, 0.05) is 37.4 Å². The molecule has 2 heterocycles. The maximum atomic E-state index is 12.1. The Morgan fingerprint density at radius 1 is 1.56 bits per heavy atom. The van der Waals surface area contributed by atoms with E-state index in [-0.39, 0.29) is 5.91 Å². The Bertz CT molecular complexity index is 380. The number of nitrogens with zero attached hydrogens (tertiary/aromatic N) is 2. The molecule has 1 N–H and O–H groups in total. The number of likely N-dealkylation sites (N-methyl/N-ethyl adjacent to an activating group) is 1. The smallest absolute Gasteiger partial charge is 0.223 e. The summed E-state index contributed by atoms with van der Waals surface area (Å²) < 4.78 is 0. The van der Waals surface area contributed by atoms with Crippen LogP contribution < -0.4 is 5.32 Å². The van der Waals surface area contributed by atoms with Crippen molar-refractivity contribution in [2.75, 3.05) is 20.1 Å². The highest BCUT2D eigenvalue weighted by molar-refractivity contribution is 5.76. The Hall–Kier alpha value is -1.42. The van der Waals surface area contributed by atoms with E-state index in [1.165, 1.54) is 6.42 Å². The molecule has 0 radical (unpaired) electrons. The van der Waals surface area contributed by atoms with Gasteiger partial charge in [0.2, 0.25) is 5.91 Å². The van der Waals surface area contributed by atoms with Crippen LogP contribution in [-0.4, -0.2) is 42.0 Å². The van der Waals surface area contributed by atoms with Crippen molar-refractivity contribution in [1.82, 2.24) is 15.2 Å². The summed E-state index contributed by atoms with van der Waals surface area (Å²) in [5.74, 6) is 0.251.